The predicted octanol–water partition coefficient (Wildman–Crippen LogP) is 2.47. The molecule has 1 aliphatic carbocycles. The van der Waals surface area contributed by atoms with Crippen molar-refractivity contribution in [3.63, 3.8) is 0 Å². The molecule has 1 aromatic rings. The van der Waals surface area contributed by atoms with Crippen LogP contribution in [-0.2, 0) is 6.54 Å². The molecule has 0 bridgehead atoms. The lowest BCUT2D eigenvalue weighted by molar-refractivity contribution is 0.402. The lowest BCUT2D eigenvalue weighted by atomic mass is 10.1. The molecule has 0 amide bonds. The molecule has 2 rings (SSSR count). The van der Waals surface area contributed by atoms with Gasteiger partial charge in [0, 0.05) is 17.8 Å². The number of rotatable bonds is 4. The van der Waals surface area contributed by atoms with Gasteiger partial charge < -0.3 is 15.5 Å². The highest BCUT2D eigenvalue weighted by Crippen LogP contribution is 2.29. The molecule has 1 saturated carbocycles. The summed E-state index contributed by atoms with van der Waals surface area (Å²) in [5.41, 5.74) is 1.01. The molecular formula is C13H19NO2S. The Morgan fingerprint density at radius 3 is 2.82 bits per heavy atom. The number of phenolic OH excluding ortho intramolecular Hbond substituents is 2. The van der Waals surface area contributed by atoms with Gasteiger partial charge in [0.2, 0.25) is 0 Å². The minimum Gasteiger partial charge on any atom is -0.504 e. The summed E-state index contributed by atoms with van der Waals surface area (Å²) in [6, 6.07) is 5.56. The van der Waals surface area contributed by atoms with Crippen LogP contribution < -0.4 is 5.32 Å². The molecule has 1 aliphatic rings. The lowest BCUT2D eigenvalue weighted by Crippen LogP contribution is -2.33. The van der Waals surface area contributed by atoms with Gasteiger partial charge in [-0.1, -0.05) is 12.5 Å². The van der Waals surface area contributed by atoms with Crippen molar-refractivity contribution in [3.05, 3.63) is 23.8 Å². The minimum absolute atomic E-state index is 0.0443. The van der Waals surface area contributed by atoms with E-state index in [1.807, 2.05) is 17.8 Å². The third-order valence-corrected chi connectivity index (χ3v) is 4.53. The molecule has 0 spiro atoms. The molecule has 1 fully saturated rings. The third kappa shape index (κ3) is 3.07. The monoisotopic (exact) mass is 253 g/mol. The van der Waals surface area contributed by atoms with E-state index in [1.165, 1.54) is 25.3 Å². The van der Waals surface area contributed by atoms with E-state index >= 15 is 0 Å². The van der Waals surface area contributed by atoms with E-state index in [2.05, 4.69) is 11.6 Å². The predicted molar refractivity (Wildman–Crippen MR) is 71.6 cm³/mol. The van der Waals surface area contributed by atoms with E-state index in [9.17, 15) is 10.2 Å². The van der Waals surface area contributed by atoms with Crippen molar-refractivity contribution in [2.45, 2.75) is 37.1 Å². The van der Waals surface area contributed by atoms with Crippen LogP contribution in [0.15, 0.2) is 18.2 Å². The van der Waals surface area contributed by atoms with E-state index in [4.69, 9.17) is 0 Å². The van der Waals surface area contributed by atoms with Gasteiger partial charge >= 0.3 is 0 Å². The van der Waals surface area contributed by atoms with E-state index in [0.29, 0.717) is 11.3 Å². The van der Waals surface area contributed by atoms with Gasteiger partial charge in [0.05, 0.1) is 0 Å². The zero-order chi connectivity index (χ0) is 12.3. The molecule has 0 aliphatic heterocycles. The molecule has 2 unspecified atom stereocenters. The molecule has 3 N–H and O–H groups in total. The first-order chi connectivity index (χ1) is 8.20. The van der Waals surface area contributed by atoms with Gasteiger partial charge in [0.1, 0.15) is 0 Å². The maximum atomic E-state index is 9.41. The first kappa shape index (κ1) is 12.6. The SMILES string of the molecule is CSC1CCCC1NCc1ccc(O)c(O)c1. The Labute approximate surface area is 106 Å². The average molecular weight is 253 g/mol. The van der Waals surface area contributed by atoms with Gasteiger partial charge in [-0.15, -0.1) is 0 Å². The van der Waals surface area contributed by atoms with Crippen molar-refractivity contribution in [1.82, 2.24) is 5.32 Å². The summed E-state index contributed by atoms with van der Waals surface area (Å²) < 4.78 is 0. The quantitative estimate of drug-likeness (QED) is 0.722. The van der Waals surface area contributed by atoms with Crippen molar-refractivity contribution in [3.8, 4) is 11.5 Å². The van der Waals surface area contributed by atoms with E-state index < -0.39 is 0 Å². The largest absolute Gasteiger partial charge is 0.504 e. The van der Waals surface area contributed by atoms with Crippen molar-refractivity contribution < 1.29 is 10.2 Å². The topological polar surface area (TPSA) is 52.5 Å². The van der Waals surface area contributed by atoms with Gasteiger partial charge in [-0.3, -0.25) is 0 Å². The molecule has 1 aromatic carbocycles. The van der Waals surface area contributed by atoms with E-state index in [0.717, 1.165) is 12.1 Å². The smallest absolute Gasteiger partial charge is 0.157 e. The Hall–Kier alpha value is -0.870. The van der Waals surface area contributed by atoms with Crippen LogP contribution in [0.4, 0.5) is 0 Å². The van der Waals surface area contributed by atoms with Gasteiger partial charge in [0.15, 0.2) is 11.5 Å². The molecule has 17 heavy (non-hydrogen) atoms. The van der Waals surface area contributed by atoms with Crippen LogP contribution in [-0.4, -0.2) is 27.8 Å². The van der Waals surface area contributed by atoms with Gasteiger partial charge in [-0.25, -0.2) is 0 Å². The summed E-state index contributed by atoms with van der Waals surface area (Å²) in [5.74, 6) is -0.103. The number of phenols is 2. The molecule has 3 nitrogen and oxygen atoms in total. The summed E-state index contributed by atoms with van der Waals surface area (Å²) in [6.07, 6.45) is 5.98. The van der Waals surface area contributed by atoms with Crippen LogP contribution in [0.3, 0.4) is 0 Å². The van der Waals surface area contributed by atoms with Crippen LogP contribution in [0.1, 0.15) is 24.8 Å². The highest BCUT2D eigenvalue weighted by atomic mass is 32.2. The summed E-state index contributed by atoms with van der Waals surface area (Å²) in [4.78, 5) is 0. The molecule has 94 valence electrons. The molecule has 0 saturated heterocycles. The van der Waals surface area contributed by atoms with Gasteiger partial charge in [-0.05, 0) is 36.8 Å². The van der Waals surface area contributed by atoms with Crippen molar-refractivity contribution >= 4 is 11.8 Å². The maximum absolute atomic E-state index is 9.41. The zero-order valence-electron chi connectivity index (χ0n) is 10.0. The highest BCUT2D eigenvalue weighted by molar-refractivity contribution is 7.99. The Bertz CT molecular complexity index is 384. The average Bonchev–Trinajstić information content (AvgIpc) is 2.78. The Morgan fingerprint density at radius 2 is 2.12 bits per heavy atom. The number of hydrogen-bond donors (Lipinski definition) is 3. The summed E-state index contributed by atoms with van der Waals surface area (Å²) >= 11 is 1.93. The first-order valence-corrected chi connectivity index (χ1v) is 7.26. The van der Waals surface area contributed by atoms with Crippen LogP contribution in [0, 0.1) is 0 Å². The fourth-order valence-corrected chi connectivity index (χ4v) is 3.33. The van der Waals surface area contributed by atoms with Gasteiger partial charge in [-0.2, -0.15) is 11.8 Å². The molecule has 0 heterocycles. The molecule has 0 radical (unpaired) electrons. The highest BCUT2D eigenvalue weighted by Gasteiger charge is 2.25. The van der Waals surface area contributed by atoms with E-state index in [1.54, 1.807) is 6.07 Å². The molecular weight excluding hydrogens is 234 g/mol. The Morgan fingerprint density at radius 1 is 1.29 bits per heavy atom. The second-order valence-electron chi connectivity index (χ2n) is 4.52. The van der Waals surface area contributed by atoms with E-state index in [-0.39, 0.29) is 11.5 Å². The molecule has 2 atom stereocenters. The van der Waals surface area contributed by atoms with Crippen LogP contribution >= 0.6 is 11.8 Å². The van der Waals surface area contributed by atoms with Crippen molar-refractivity contribution in [2.24, 2.45) is 0 Å². The number of hydrogen-bond acceptors (Lipinski definition) is 4. The molecule has 0 aromatic heterocycles. The lowest BCUT2D eigenvalue weighted by Gasteiger charge is -2.19. The number of benzene rings is 1. The number of aromatic hydroxyl groups is 2. The first-order valence-electron chi connectivity index (χ1n) is 5.97. The summed E-state index contributed by atoms with van der Waals surface area (Å²) in [6.45, 7) is 0.746. The second kappa shape index (κ2) is 5.65. The number of thioether (sulfide) groups is 1. The molecule has 4 heteroatoms. The summed E-state index contributed by atoms with van der Waals surface area (Å²) in [7, 11) is 0. The summed E-state index contributed by atoms with van der Waals surface area (Å²) in [5, 5.41) is 22.9. The Balaban J connectivity index is 1.91. The fourth-order valence-electron chi connectivity index (χ4n) is 2.37. The third-order valence-electron chi connectivity index (χ3n) is 3.36. The maximum Gasteiger partial charge on any atom is 0.157 e. The van der Waals surface area contributed by atoms with Crippen LogP contribution in [0.25, 0.3) is 0 Å². The van der Waals surface area contributed by atoms with Crippen LogP contribution in [0.5, 0.6) is 11.5 Å². The minimum atomic E-state index is -0.0587. The normalized spacial score (nSPS) is 24.1. The van der Waals surface area contributed by atoms with Crippen molar-refractivity contribution in [2.75, 3.05) is 6.26 Å². The second-order valence-corrected chi connectivity index (χ2v) is 5.59. The number of nitrogens with one attached hydrogen (secondary N) is 1. The Kier molecular flexibility index (Phi) is 4.18. The van der Waals surface area contributed by atoms with Crippen LogP contribution in [0.2, 0.25) is 0 Å². The van der Waals surface area contributed by atoms with Crippen molar-refractivity contribution in [1.29, 1.82) is 0 Å². The standard InChI is InChI=1S/C13H19NO2S/c1-17-13-4-2-3-10(13)14-8-9-5-6-11(15)12(16)7-9/h5-7,10,13-16H,2-4,8H2,1H3. The van der Waals surface area contributed by atoms with Gasteiger partial charge in [0.25, 0.3) is 0 Å². The zero-order valence-corrected chi connectivity index (χ0v) is 10.8. The fraction of sp³-hybridized carbons (Fsp3) is 0.538.